The smallest absolute Gasteiger partial charge is 0.243 e. The second kappa shape index (κ2) is 9.65. The first kappa shape index (κ1) is 22.8. The Hall–Kier alpha value is -2.35. The molecule has 0 unspecified atom stereocenters. The van der Waals surface area contributed by atoms with Crippen LogP contribution in [0, 0.1) is 0 Å². The quantitative estimate of drug-likeness (QED) is 0.513. The molecule has 4 rings (SSSR count). The number of Topliss-reactive ketones (excluding diaryl/α,β-unsaturated/α-hetero) is 1. The van der Waals surface area contributed by atoms with Crippen molar-refractivity contribution in [1.29, 1.82) is 0 Å². The normalized spacial score (nSPS) is 16.7. The number of allylic oxidation sites excluding steroid dienone is 1. The number of hydrogen-bond donors (Lipinski definition) is 0. The molecule has 7 heteroatoms. The number of nitrogens with zero attached hydrogens (tertiary/aromatic N) is 2. The Kier molecular flexibility index (Phi) is 6.88. The van der Waals surface area contributed by atoms with Crippen molar-refractivity contribution in [2.24, 2.45) is 0 Å². The molecule has 168 valence electrons. The summed E-state index contributed by atoms with van der Waals surface area (Å²) in [5.41, 5.74) is 3.45. The molecular weight excluding hydrogens is 440 g/mol. The minimum atomic E-state index is -3.62. The van der Waals surface area contributed by atoms with Gasteiger partial charge in [-0.2, -0.15) is 4.31 Å². The Morgan fingerprint density at radius 2 is 1.78 bits per heavy atom. The summed E-state index contributed by atoms with van der Waals surface area (Å²) in [6, 6.07) is 16.7. The van der Waals surface area contributed by atoms with Crippen molar-refractivity contribution < 1.29 is 13.2 Å². The van der Waals surface area contributed by atoms with E-state index in [9.17, 15) is 13.2 Å². The zero-order valence-corrected chi connectivity index (χ0v) is 20.1. The Bertz CT molecular complexity index is 1170. The summed E-state index contributed by atoms with van der Waals surface area (Å²) in [5, 5.41) is 3.09. The van der Waals surface area contributed by atoms with Crippen LogP contribution >= 0.6 is 11.8 Å². The van der Waals surface area contributed by atoms with Gasteiger partial charge in [-0.25, -0.2) is 8.42 Å². The third-order valence-corrected chi connectivity index (χ3v) is 8.99. The maximum Gasteiger partial charge on any atom is 0.243 e. The van der Waals surface area contributed by atoms with Gasteiger partial charge in [0.25, 0.3) is 0 Å². The summed E-state index contributed by atoms with van der Waals surface area (Å²) in [6.07, 6.45) is 2.63. The Morgan fingerprint density at radius 1 is 1.03 bits per heavy atom. The average molecular weight is 469 g/mol. The van der Waals surface area contributed by atoms with Crippen LogP contribution in [0.25, 0.3) is 5.70 Å². The number of carbonyl (C=O) groups excluding carboxylic acids is 1. The molecule has 0 saturated carbocycles. The third kappa shape index (κ3) is 4.29. The fourth-order valence-electron chi connectivity index (χ4n) is 4.21. The fraction of sp³-hybridized carbons (Fsp3) is 0.320. The Morgan fingerprint density at radius 3 is 2.50 bits per heavy atom. The number of thioether (sulfide) groups is 1. The van der Waals surface area contributed by atoms with Crippen molar-refractivity contribution in [3.8, 4) is 0 Å². The monoisotopic (exact) mass is 468 g/mol. The van der Waals surface area contributed by atoms with E-state index < -0.39 is 10.0 Å². The minimum absolute atomic E-state index is 0.0845. The summed E-state index contributed by atoms with van der Waals surface area (Å²) in [6.45, 7) is 5.29. The predicted molar refractivity (Wildman–Crippen MR) is 130 cm³/mol. The van der Waals surface area contributed by atoms with Gasteiger partial charge in [-0.1, -0.05) is 68.1 Å². The Balaban J connectivity index is 1.69. The molecule has 0 radical (unpaired) electrons. The van der Waals surface area contributed by atoms with Crippen LogP contribution in [0.1, 0.15) is 49.0 Å². The summed E-state index contributed by atoms with van der Waals surface area (Å²) in [4.78, 5) is 16.0. The second-order valence-corrected chi connectivity index (χ2v) is 10.6. The molecule has 0 spiro atoms. The van der Waals surface area contributed by atoms with Crippen LogP contribution < -0.4 is 0 Å². The van der Waals surface area contributed by atoms with Gasteiger partial charge in [0, 0.05) is 36.2 Å². The fourth-order valence-corrected chi connectivity index (χ4v) is 6.86. The van der Waals surface area contributed by atoms with Crippen LogP contribution in [0.3, 0.4) is 0 Å². The van der Waals surface area contributed by atoms with E-state index in [1.54, 1.807) is 30.0 Å². The molecule has 2 aromatic rings. The molecule has 2 aliphatic rings. The van der Waals surface area contributed by atoms with E-state index in [4.69, 9.17) is 0 Å². The molecule has 0 aliphatic carbocycles. The van der Waals surface area contributed by atoms with Crippen LogP contribution in [0.15, 0.2) is 75.5 Å². The van der Waals surface area contributed by atoms with E-state index in [2.05, 4.69) is 22.4 Å². The molecule has 2 heterocycles. The molecule has 0 saturated heterocycles. The zero-order valence-electron chi connectivity index (χ0n) is 18.5. The molecule has 2 aromatic carbocycles. The van der Waals surface area contributed by atoms with E-state index in [-0.39, 0.29) is 10.7 Å². The Labute approximate surface area is 194 Å². The van der Waals surface area contributed by atoms with Crippen LogP contribution in [-0.4, -0.2) is 43.0 Å². The maximum atomic E-state index is 13.6. The summed E-state index contributed by atoms with van der Waals surface area (Å²) >= 11 is 1.59. The van der Waals surface area contributed by atoms with Crippen LogP contribution in [0.5, 0.6) is 0 Å². The molecule has 5 nitrogen and oxygen atoms in total. The molecule has 0 fully saturated rings. The highest BCUT2D eigenvalue weighted by atomic mass is 32.2. The highest BCUT2D eigenvalue weighted by molar-refractivity contribution is 8.06. The first-order chi connectivity index (χ1) is 15.5. The number of carbonyl (C=O) groups is 1. The molecular formula is C25H28N2O3S2. The van der Waals surface area contributed by atoms with Gasteiger partial charge in [-0.15, -0.1) is 0 Å². The van der Waals surface area contributed by atoms with Crippen LogP contribution in [0.2, 0.25) is 0 Å². The van der Waals surface area contributed by atoms with E-state index in [1.807, 2.05) is 32.0 Å². The van der Waals surface area contributed by atoms with Gasteiger partial charge >= 0.3 is 0 Å². The van der Waals surface area contributed by atoms with Crippen molar-refractivity contribution in [2.75, 3.05) is 19.6 Å². The molecule has 0 N–H and O–H groups in total. The largest absolute Gasteiger partial charge is 0.335 e. The first-order valence-electron chi connectivity index (χ1n) is 11.0. The number of rotatable bonds is 7. The lowest BCUT2D eigenvalue weighted by molar-refractivity contribution is 0.102. The highest BCUT2D eigenvalue weighted by Gasteiger charge is 2.31. The summed E-state index contributed by atoms with van der Waals surface area (Å²) in [5.74, 6) is -0.0845. The van der Waals surface area contributed by atoms with Gasteiger partial charge < -0.3 is 4.90 Å². The van der Waals surface area contributed by atoms with Crippen LogP contribution in [-0.2, 0) is 10.0 Å². The molecule has 0 amide bonds. The number of ketones is 1. The maximum absolute atomic E-state index is 13.6. The van der Waals surface area contributed by atoms with E-state index in [1.165, 1.54) is 10.4 Å². The van der Waals surface area contributed by atoms with Crippen molar-refractivity contribution in [1.82, 2.24) is 9.21 Å². The number of sulfonamides is 1. The van der Waals surface area contributed by atoms with Crippen LogP contribution in [0.4, 0.5) is 0 Å². The van der Waals surface area contributed by atoms with Crippen molar-refractivity contribution in [2.45, 2.75) is 38.0 Å². The first-order valence-corrected chi connectivity index (χ1v) is 13.4. The van der Waals surface area contributed by atoms with E-state index in [0.717, 1.165) is 41.2 Å². The van der Waals surface area contributed by atoms with Gasteiger partial charge in [-0.05, 0) is 37.0 Å². The van der Waals surface area contributed by atoms with Gasteiger partial charge in [-0.3, -0.25) is 4.79 Å². The lowest BCUT2D eigenvalue weighted by Crippen LogP contribution is -2.30. The van der Waals surface area contributed by atoms with Crippen molar-refractivity contribution in [3.63, 3.8) is 0 Å². The SMILES string of the molecule is CCN(CC)S(=O)(=O)c1cccc(C(=O)C2=C3SC=C(c4ccccc4)N3CCCC2)c1. The lowest BCUT2D eigenvalue weighted by atomic mass is 10.00. The summed E-state index contributed by atoms with van der Waals surface area (Å²) < 4.78 is 27.3. The minimum Gasteiger partial charge on any atom is -0.335 e. The topological polar surface area (TPSA) is 57.7 Å². The van der Waals surface area contributed by atoms with E-state index in [0.29, 0.717) is 25.1 Å². The molecule has 32 heavy (non-hydrogen) atoms. The molecule has 0 bridgehead atoms. The van der Waals surface area contributed by atoms with Gasteiger partial charge in [0.2, 0.25) is 10.0 Å². The van der Waals surface area contributed by atoms with Gasteiger partial charge in [0.15, 0.2) is 5.78 Å². The summed E-state index contributed by atoms with van der Waals surface area (Å²) in [7, 11) is -3.62. The average Bonchev–Trinajstić information content (AvgIpc) is 3.12. The second-order valence-electron chi connectivity index (χ2n) is 7.83. The van der Waals surface area contributed by atoms with E-state index >= 15 is 0 Å². The zero-order chi connectivity index (χ0) is 22.7. The van der Waals surface area contributed by atoms with Gasteiger partial charge in [0.05, 0.1) is 15.6 Å². The molecule has 2 aliphatic heterocycles. The van der Waals surface area contributed by atoms with Crippen molar-refractivity contribution >= 4 is 33.3 Å². The van der Waals surface area contributed by atoms with Crippen molar-refractivity contribution in [3.05, 3.63) is 81.7 Å². The standard InChI is InChI=1S/C25H28N2O3S2/c1-3-26(4-2)32(29,30)21-14-10-13-20(17-21)24(28)22-15-8-9-16-27-23(18-31-25(22)27)19-11-6-5-7-12-19/h5-7,10-14,17-18H,3-4,8-9,15-16H2,1-2H3. The van der Waals surface area contributed by atoms with Gasteiger partial charge in [0.1, 0.15) is 0 Å². The molecule has 0 aromatic heterocycles. The number of hydrogen-bond acceptors (Lipinski definition) is 5. The third-order valence-electron chi connectivity index (χ3n) is 5.92. The molecule has 0 atom stereocenters. The number of fused-ring (bicyclic) bond motifs is 1. The predicted octanol–water partition coefficient (Wildman–Crippen LogP) is 5.34. The highest BCUT2D eigenvalue weighted by Crippen LogP contribution is 2.44. The lowest BCUT2D eigenvalue weighted by Gasteiger charge is -2.23. The number of benzene rings is 2.